The van der Waals surface area contributed by atoms with E-state index in [-0.39, 0.29) is 23.5 Å². The van der Waals surface area contributed by atoms with Gasteiger partial charge in [0, 0.05) is 29.5 Å². The summed E-state index contributed by atoms with van der Waals surface area (Å²) in [5.74, 6) is 0.0371. The van der Waals surface area contributed by atoms with E-state index in [1.165, 1.54) is 24.1 Å². The molecular weight excluding hydrogens is 490 g/mol. The number of esters is 1. The Morgan fingerprint density at radius 3 is 2.37 bits per heavy atom. The van der Waals surface area contributed by atoms with Crippen LogP contribution < -0.4 is 9.64 Å². The SMILES string of the molecule is COC(=O)c1ccccc1-c1cc(N(Cc2ncc(C)c(OC)c2C)C(=O)OC(C)(C)C)cc([N+](=O)[O-])c1. The molecule has 1 aromatic heterocycles. The van der Waals surface area contributed by atoms with Crippen molar-refractivity contribution in [2.45, 2.75) is 46.8 Å². The molecule has 1 amide bonds. The Hall–Kier alpha value is -4.47. The van der Waals surface area contributed by atoms with E-state index < -0.39 is 22.6 Å². The summed E-state index contributed by atoms with van der Waals surface area (Å²) < 4.78 is 16.1. The van der Waals surface area contributed by atoms with E-state index in [0.29, 0.717) is 22.6 Å². The number of anilines is 1. The lowest BCUT2D eigenvalue weighted by molar-refractivity contribution is -0.384. The first-order valence-corrected chi connectivity index (χ1v) is 11.8. The van der Waals surface area contributed by atoms with E-state index in [4.69, 9.17) is 14.2 Å². The highest BCUT2D eigenvalue weighted by Gasteiger charge is 2.28. The summed E-state index contributed by atoms with van der Waals surface area (Å²) in [7, 11) is 2.81. The molecule has 0 aliphatic rings. The van der Waals surface area contributed by atoms with Gasteiger partial charge >= 0.3 is 12.1 Å². The number of pyridine rings is 1. The Balaban J connectivity index is 2.23. The average Bonchev–Trinajstić information content (AvgIpc) is 2.86. The number of ether oxygens (including phenoxy) is 3. The van der Waals surface area contributed by atoms with E-state index in [1.54, 1.807) is 64.4 Å². The van der Waals surface area contributed by atoms with Crippen molar-refractivity contribution >= 4 is 23.4 Å². The van der Waals surface area contributed by atoms with Crippen molar-refractivity contribution in [3.63, 3.8) is 0 Å². The summed E-state index contributed by atoms with van der Waals surface area (Å²) in [6, 6.07) is 10.8. The number of aromatic nitrogens is 1. The smallest absolute Gasteiger partial charge is 0.415 e. The number of nitro benzene ring substituents is 1. The number of carbonyl (C=O) groups excluding carboxylic acids is 2. The lowest BCUT2D eigenvalue weighted by Gasteiger charge is -2.28. The lowest BCUT2D eigenvalue weighted by Crippen LogP contribution is -2.37. The van der Waals surface area contributed by atoms with Crippen molar-refractivity contribution in [2.24, 2.45) is 0 Å². The molecule has 3 rings (SSSR count). The molecule has 0 saturated heterocycles. The molecule has 0 aliphatic heterocycles. The Bertz CT molecular complexity index is 1380. The van der Waals surface area contributed by atoms with Gasteiger partial charge in [0.2, 0.25) is 0 Å². The lowest BCUT2D eigenvalue weighted by atomic mass is 9.98. The summed E-state index contributed by atoms with van der Waals surface area (Å²) in [6.45, 7) is 8.83. The minimum absolute atomic E-state index is 0.0450. The Kier molecular flexibility index (Phi) is 8.35. The summed E-state index contributed by atoms with van der Waals surface area (Å²) in [5, 5.41) is 11.9. The van der Waals surface area contributed by atoms with Gasteiger partial charge < -0.3 is 14.2 Å². The largest absolute Gasteiger partial charge is 0.496 e. The molecule has 0 N–H and O–H groups in total. The van der Waals surface area contributed by atoms with E-state index in [9.17, 15) is 19.7 Å². The van der Waals surface area contributed by atoms with Crippen LogP contribution in [0.25, 0.3) is 11.1 Å². The van der Waals surface area contributed by atoms with Crippen molar-refractivity contribution in [3.05, 3.63) is 81.2 Å². The molecule has 2 aromatic carbocycles. The van der Waals surface area contributed by atoms with Crippen LogP contribution in [-0.2, 0) is 16.0 Å². The van der Waals surface area contributed by atoms with E-state index in [0.717, 1.165) is 11.1 Å². The first kappa shape index (κ1) is 28.1. The average molecular weight is 522 g/mol. The van der Waals surface area contributed by atoms with Gasteiger partial charge in [-0.15, -0.1) is 0 Å². The molecule has 1 heterocycles. The summed E-state index contributed by atoms with van der Waals surface area (Å²) in [5.41, 5.74) is 2.18. The molecule has 10 heteroatoms. The number of benzene rings is 2. The third kappa shape index (κ3) is 6.26. The molecular formula is C28H31N3O7. The minimum atomic E-state index is -0.830. The van der Waals surface area contributed by atoms with Gasteiger partial charge in [0.1, 0.15) is 11.4 Å². The fraction of sp³-hybridized carbons (Fsp3) is 0.321. The van der Waals surface area contributed by atoms with Crippen LogP contribution in [0.1, 0.15) is 48.0 Å². The summed E-state index contributed by atoms with van der Waals surface area (Å²) in [6.07, 6.45) is 0.922. The quantitative estimate of drug-likeness (QED) is 0.210. The molecule has 0 unspecified atom stereocenters. The predicted molar refractivity (Wildman–Crippen MR) is 143 cm³/mol. The summed E-state index contributed by atoms with van der Waals surface area (Å²) >= 11 is 0. The zero-order valence-corrected chi connectivity index (χ0v) is 22.5. The number of carbonyl (C=O) groups is 2. The van der Waals surface area contributed by atoms with Gasteiger partial charge in [0.15, 0.2) is 0 Å². The van der Waals surface area contributed by atoms with Crippen LogP contribution in [-0.4, -0.2) is 41.8 Å². The highest BCUT2D eigenvalue weighted by atomic mass is 16.6. The van der Waals surface area contributed by atoms with Gasteiger partial charge in [-0.1, -0.05) is 18.2 Å². The molecule has 10 nitrogen and oxygen atoms in total. The standard InChI is InChI=1S/C28H31N3O7/c1-17-15-29-24(18(2)25(17)36-6)16-30(27(33)38-28(3,4)5)20-12-19(13-21(14-20)31(34)35)22-10-8-9-11-23(22)26(32)37-7/h8-15H,16H2,1-7H3. The van der Waals surface area contributed by atoms with Crippen LogP contribution in [0, 0.1) is 24.0 Å². The zero-order chi connectivity index (χ0) is 28.2. The van der Waals surface area contributed by atoms with Crippen molar-refractivity contribution in [1.82, 2.24) is 4.98 Å². The molecule has 0 atom stereocenters. The second kappa shape index (κ2) is 11.3. The Morgan fingerprint density at radius 1 is 1.08 bits per heavy atom. The normalized spacial score (nSPS) is 11.0. The molecule has 0 fully saturated rings. The van der Waals surface area contributed by atoms with Crippen molar-refractivity contribution in [1.29, 1.82) is 0 Å². The number of hydrogen-bond acceptors (Lipinski definition) is 8. The molecule has 0 saturated carbocycles. The maximum absolute atomic E-state index is 13.4. The topological polar surface area (TPSA) is 121 Å². The maximum atomic E-state index is 13.4. The van der Waals surface area contributed by atoms with Crippen molar-refractivity contribution < 1.29 is 28.7 Å². The van der Waals surface area contributed by atoms with Crippen LogP contribution in [0.4, 0.5) is 16.2 Å². The minimum Gasteiger partial charge on any atom is -0.496 e. The van der Waals surface area contributed by atoms with Gasteiger partial charge in [0.25, 0.3) is 5.69 Å². The van der Waals surface area contributed by atoms with Crippen LogP contribution in [0.5, 0.6) is 5.75 Å². The Labute approximate surface area is 221 Å². The molecule has 0 radical (unpaired) electrons. The first-order valence-electron chi connectivity index (χ1n) is 11.8. The molecule has 0 aliphatic carbocycles. The maximum Gasteiger partial charge on any atom is 0.415 e. The number of non-ortho nitro benzene ring substituents is 1. The molecule has 3 aromatic rings. The molecule has 200 valence electrons. The van der Waals surface area contributed by atoms with Gasteiger partial charge in [-0.2, -0.15) is 0 Å². The number of methoxy groups -OCH3 is 2. The van der Waals surface area contributed by atoms with Gasteiger partial charge in [0.05, 0.1) is 42.6 Å². The number of aryl methyl sites for hydroxylation is 1. The molecule has 0 bridgehead atoms. The second-order valence-corrected chi connectivity index (χ2v) is 9.65. The Morgan fingerprint density at radius 2 is 1.76 bits per heavy atom. The monoisotopic (exact) mass is 521 g/mol. The third-order valence-corrected chi connectivity index (χ3v) is 5.74. The van der Waals surface area contributed by atoms with E-state index in [2.05, 4.69) is 4.98 Å². The van der Waals surface area contributed by atoms with E-state index >= 15 is 0 Å². The first-order chi connectivity index (χ1) is 17.9. The fourth-order valence-corrected chi connectivity index (χ4v) is 3.99. The number of rotatable bonds is 7. The van der Waals surface area contributed by atoms with Gasteiger partial charge in [-0.05, 0) is 57.9 Å². The van der Waals surface area contributed by atoms with Crippen LogP contribution in [0.3, 0.4) is 0 Å². The number of nitro groups is 1. The number of hydrogen-bond donors (Lipinski definition) is 0. The van der Waals surface area contributed by atoms with Gasteiger partial charge in [-0.3, -0.25) is 20.0 Å². The van der Waals surface area contributed by atoms with Gasteiger partial charge in [-0.25, -0.2) is 9.59 Å². The number of nitrogens with zero attached hydrogens (tertiary/aromatic N) is 3. The predicted octanol–water partition coefficient (Wildman–Crippen LogP) is 6.01. The highest BCUT2D eigenvalue weighted by Crippen LogP contribution is 2.35. The molecule has 38 heavy (non-hydrogen) atoms. The van der Waals surface area contributed by atoms with Crippen LogP contribution in [0.2, 0.25) is 0 Å². The van der Waals surface area contributed by atoms with Crippen LogP contribution >= 0.6 is 0 Å². The second-order valence-electron chi connectivity index (χ2n) is 9.65. The zero-order valence-electron chi connectivity index (χ0n) is 22.5. The van der Waals surface area contributed by atoms with Crippen LogP contribution in [0.15, 0.2) is 48.7 Å². The number of amides is 1. The van der Waals surface area contributed by atoms with E-state index in [1.807, 2.05) is 13.8 Å². The van der Waals surface area contributed by atoms with Crippen molar-refractivity contribution in [2.75, 3.05) is 19.1 Å². The highest BCUT2D eigenvalue weighted by molar-refractivity contribution is 5.98. The third-order valence-electron chi connectivity index (χ3n) is 5.74. The summed E-state index contributed by atoms with van der Waals surface area (Å²) in [4.78, 5) is 43.0. The van der Waals surface area contributed by atoms with Crippen molar-refractivity contribution in [3.8, 4) is 16.9 Å². The molecule has 0 spiro atoms. The fourth-order valence-electron chi connectivity index (χ4n) is 3.99.